The number of hydrogen-bond acceptors (Lipinski definition) is 2. The van der Waals surface area contributed by atoms with Crippen LogP contribution in [0.5, 0.6) is 0 Å². The van der Waals surface area contributed by atoms with Gasteiger partial charge in [-0.15, -0.1) is 0 Å². The molecule has 0 spiro atoms. The molecule has 0 aliphatic carbocycles. The molecule has 10 heavy (non-hydrogen) atoms. The van der Waals surface area contributed by atoms with Crippen molar-refractivity contribution in [3.63, 3.8) is 0 Å². The molecule has 1 aliphatic heterocycles. The van der Waals surface area contributed by atoms with Gasteiger partial charge in [0.25, 0.3) is 5.56 Å². The molecule has 0 radical (unpaired) electrons. The summed E-state index contributed by atoms with van der Waals surface area (Å²) in [6.07, 6.45) is 0. The monoisotopic (exact) mass is 139 g/mol. The molecular formula is C6H9N3O. The summed E-state index contributed by atoms with van der Waals surface area (Å²) >= 11 is 0. The fraction of sp³-hybridized carbons (Fsp3) is 0.500. The van der Waals surface area contributed by atoms with E-state index in [2.05, 4.69) is 10.4 Å². The minimum absolute atomic E-state index is 0.0972. The number of H-pyrrole nitrogens is 1. The van der Waals surface area contributed by atoms with E-state index in [9.17, 15) is 4.79 Å². The van der Waals surface area contributed by atoms with E-state index in [0.717, 1.165) is 17.8 Å². The molecule has 4 nitrogen and oxygen atoms in total. The summed E-state index contributed by atoms with van der Waals surface area (Å²) in [5.74, 6) is 0. The van der Waals surface area contributed by atoms with Gasteiger partial charge in [-0.05, 0) is 0 Å². The lowest BCUT2D eigenvalue weighted by Gasteiger charge is -1.90. The Hall–Kier alpha value is -1.03. The van der Waals surface area contributed by atoms with Crippen LogP contribution in [0.2, 0.25) is 0 Å². The van der Waals surface area contributed by atoms with Gasteiger partial charge < -0.3 is 5.32 Å². The largest absolute Gasteiger partial charge is 0.307 e. The maximum atomic E-state index is 11.2. The van der Waals surface area contributed by atoms with Gasteiger partial charge in [-0.1, -0.05) is 0 Å². The summed E-state index contributed by atoms with van der Waals surface area (Å²) in [5.41, 5.74) is 2.02. The summed E-state index contributed by atoms with van der Waals surface area (Å²) in [4.78, 5) is 11.2. The number of fused-ring (bicyclic) bond motifs is 1. The second-order valence-corrected chi connectivity index (χ2v) is 2.54. The van der Waals surface area contributed by atoms with Crippen molar-refractivity contribution in [1.29, 1.82) is 0 Å². The molecular weight excluding hydrogens is 130 g/mol. The highest BCUT2D eigenvalue weighted by molar-refractivity contribution is 5.20. The number of nitrogens with one attached hydrogen (secondary N) is 2. The molecule has 0 amide bonds. The van der Waals surface area contributed by atoms with E-state index in [-0.39, 0.29) is 5.56 Å². The van der Waals surface area contributed by atoms with Gasteiger partial charge in [0.2, 0.25) is 0 Å². The predicted octanol–water partition coefficient (Wildman–Crippen LogP) is -0.683. The molecule has 1 aromatic rings. The van der Waals surface area contributed by atoms with Crippen LogP contribution in [0, 0.1) is 0 Å². The average molecular weight is 139 g/mol. The standard InChI is InChI=1S/C6H9N3O/c1-9-6(10)4-2-7-3-5(4)8-9/h7-8H,2-3H2,1H3. The molecule has 0 saturated carbocycles. The summed E-state index contributed by atoms with van der Waals surface area (Å²) in [5, 5.41) is 6.06. The zero-order valence-electron chi connectivity index (χ0n) is 5.77. The number of rotatable bonds is 0. The van der Waals surface area contributed by atoms with Gasteiger partial charge >= 0.3 is 0 Å². The summed E-state index contributed by atoms with van der Waals surface area (Å²) < 4.78 is 1.52. The van der Waals surface area contributed by atoms with Crippen LogP contribution < -0.4 is 10.9 Å². The normalized spacial score (nSPS) is 15.7. The van der Waals surface area contributed by atoms with Gasteiger partial charge in [-0.3, -0.25) is 14.6 Å². The SMILES string of the molecule is Cn1[nH]c2c(c1=O)CNC2. The van der Waals surface area contributed by atoms with E-state index < -0.39 is 0 Å². The molecule has 2 N–H and O–H groups in total. The molecule has 0 fully saturated rings. The third-order valence-corrected chi connectivity index (χ3v) is 1.83. The molecule has 0 atom stereocenters. The van der Waals surface area contributed by atoms with E-state index in [4.69, 9.17) is 0 Å². The number of aromatic amines is 1. The molecule has 54 valence electrons. The maximum absolute atomic E-state index is 11.2. The molecule has 2 rings (SSSR count). The third kappa shape index (κ3) is 0.565. The van der Waals surface area contributed by atoms with E-state index in [1.54, 1.807) is 7.05 Å². The second-order valence-electron chi connectivity index (χ2n) is 2.54. The Balaban J connectivity index is 2.71. The molecule has 4 heteroatoms. The fourth-order valence-corrected chi connectivity index (χ4v) is 1.29. The summed E-state index contributed by atoms with van der Waals surface area (Å²) in [6.45, 7) is 1.51. The summed E-state index contributed by atoms with van der Waals surface area (Å²) in [6, 6.07) is 0. The van der Waals surface area contributed by atoms with Crippen LogP contribution in [0.25, 0.3) is 0 Å². The van der Waals surface area contributed by atoms with Gasteiger partial charge in [0.1, 0.15) is 0 Å². The van der Waals surface area contributed by atoms with Crippen molar-refractivity contribution in [3.8, 4) is 0 Å². The predicted molar refractivity (Wildman–Crippen MR) is 36.6 cm³/mol. The molecule has 0 aromatic carbocycles. The molecule has 1 aliphatic rings. The Kier molecular flexibility index (Phi) is 0.990. The van der Waals surface area contributed by atoms with Crippen molar-refractivity contribution in [1.82, 2.24) is 15.1 Å². The summed E-state index contributed by atoms with van der Waals surface area (Å²) in [7, 11) is 1.74. The molecule has 0 saturated heterocycles. The highest BCUT2D eigenvalue weighted by Crippen LogP contribution is 2.06. The first-order valence-electron chi connectivity index (χ1n) is 3.26. The first kappa shape index (κ1) is 5.73. The Labute approximate surface area is 57.8 Å². The Bertz CT molecular complexity index is 309. The zero-order chi connectivity index (χ0) is 7.14. The molecule has 0 bridgehead atoms. The lowest BCUT2D eigenvalue weighted by molar-refractivity contribution is 0.670. The third-order valence-electron chi connectivity index (χ3n) is 1.83. The molecule has 0 unspecified atom stereocenters. The minimum Gasteiger partial charge on any atom is -0.307 e. The quantitative estimate of drug-likeness (QED) is 0.500. The first-order chi connectivity index (χ1) is 4.79. The van der Waals surface area contributed by atoms with Crippen LogP contribution in [0.15, 0.2) is 4.79 Å². The van der Waals surface area contributed by atoms with Crippen LogP contribution in [0.3, 0.4) is 0 Å². The van der Waals surface area contributed by atoms with Crippen LogP contribution in [0.4, 0.5) is 0 Å². The van der Waals surface area contributed by atoms with E-state index in [1.165, 1.54) is 4.68 Å². The van der Waals surface area contributed by atoms with Crippen molar-refractivity contribution in [2.45, 2.75) is 13.1 Å². The maximum Gasteiger partial charge on any atom is 0.271 e. The number of hydrogen-bond donors (Lipinski definition) is 2. The lowest BCUT2D eigenvalue weighted by Crippen LogP contribution is -2.17. The Morgan fingerprint density at radius 2 is 2.30 bits per heavy atom. The zero-order valence-corrected chi connectivity index (χ0v) is 5.77. The van der Waals surface area contributed by atoms with Gasteiger partial charge in [0, 0.05) is 20.1 Å². The van der Waals surface area contributed by atoms with Crippen molar-refractivity contribution >= 4 is 0 Å². The minimum atomic E-state index is 0.0972. The lowest BCUT2D eigenvalue weighted by atomic mass is 10.3. The second kappa shape index (κ2) is 1.73. The topological polar surface area (TPSA) is 49.8 Å². The van der Waals surface area contributed by atoms with E-state index >= 15 is 0 Å². The number of nitrogens with zero attached hydrogens (tertiary/aromatic N) is 1. The van der Waals surface area contributed by atoms with Crippen molar-refractivity contribution in [2.75, 3.05) is 0 Å². The van der Waals surface area contributed by atoms with Crippen LogP contribution in [-0.4, -0.2) is 9.78 Å². The van der Waals surface area contributed by atoms with E-state index in [1.807, 2.05) is 0 Å². The Morgan fingerprint density at radius 1 is 1.50 bits per heavy atom. The van der Waals surface area contributed by atoms with Gasteiger partial charge in [0.05, 0.1) is 11.3 Å². The van der Waals surface area contributed by atoms with Gasteiger partial charge in [-0.2, -0.15) is 0 Å². The highest BCUT2D eigenvalue weighted by atomic mass is 16.1. The van der Waals surface area contributed by atoms with Crippen LogP contribution >= 0.6 is 0 Å². The van der Waals surface area contributed by atoms with Crippen LogP contribution in [0.1, 0.15) is 11.3 Å². The van der Waals surface area contributed by atoms with Crippen molar-refractivity contribution in [2.24, 2.45) is 7.05 Å². The highest BCUT2D eigenvalue weighted by Gasteiger charge is 2.16. The Morgan fingerprint density at radius 3 is 3.00 bits per heavy atom. The first-order valence-corrected chi connectivity index (χ1v) is 3.26. The molecule has 1 aromatic heterocycles. The number of aromatic nitrogens is 2. The van der Waals surface area contributed by atoms with Crippen molar-refractivity contribution < 1.29 is 0 Å². The van der Waals surface area contributed by atoms with Crippen LogP contribution in [-0.2, 0) is 20.1 Å². The van der Waals surface area contributed by atoms with Crippen molar-refractivity contribution in [3.05, 3.63) is 21.6 Å². The average Bonchev–Trinajstić information content (AvgIpc) is 2.41. The van der Waals surface area contributed by atoms with Gasteiger partial charge in [-0.25, -0.2) is 0 Å². The number of aryl methyl sites for hydroxylation is 1. The smallest absolute Gasteiger partial charge is 0.271 e. The van der Waals surface area contributed by atoms with E-state index in [0.29, 0.717) is 6.54 Å². The fourth-order valence-electron chi connectivity index (χ4n) is 1.29. The molecule has 2 heterocycles. The van der Waals surface area contributed by atoms with Gasteiger partial charge in [0.15, 0.2) is 0 Å².